The summed E-state index contributed by atoms with van der Waals surface area (Å²) in [7, 11) is 0. The van der Waals surface area contributed by atoms with E-state index in [-0.39, 0.29) is 5.91 Å². The first-order chi connectivity index (χ1) is 15.0. The van der Waals surface area contributed by atoms with Crippen molar-refractivity contribution in [1.82, 2.24) is 14.9 Å². The Morgan fingerprint density at radius 2 is 1.90 bits per heavy atom. The van der Waals surface area contributed by atoms with Crippen LogP contribution in [-0.2, 0) is 13.2 Å². The minimum absolute atomic E-state index is 0.250. The monoisotopic (exact) mass is 436 g/mol. The van der Waals surface area contributed by atoms with E-state index in [1.165, 1.54) is 0 Å². The molecule has 31 heavy (non-hydrogen) atoms. The van der Waals surface area contributed by atoms with Crippen molar-refractivity contribution in [3.63, 3.8) is 0 Å². The van der Waals surface area contributed by atoms with Gasteiger partial charge >= 0.3 is 0 Å². The Morgan fingerprint density at radius 3 is 2.61 bits per heavy atom. The van der Waals surface area contributed by atoms with Crippen LogP contribution in [0.1, 0.15) is 32.9 Å². The Bertz CT molecular complexity index is 1180. The molecular formula is C23H21ClN4O3. The van der Waals surface area contributed by atoms with E-state index in [0.29, 0.717) is 35.3 Å². The summed E-state index contributed by atoms with van der Waals surface area (Å²) in [6, 6.07) is 16.3. The standard InChI is InChI=1S/C23H21ClN4O3/c1-15-20(16(2)31-27-15)14-30-19-9-7-17(8-10-19)23(29)25-22-11-12-28(26-22)13-18-5-3-4-6-21(18)24/h3-12H,13-14H2,1-2H3,(H,25,26,29). The molecule has 0 spiro atoms. The van der Waals surface area contributed by atoms with Crippen molar-refractivity contribution in [2.24, 2.45) is 0 Å². The van der Waals surface area contributed by atoms with Crippen LogP contribution in [-0.4, -0.2) is 20.8 Å². The van der Waals surface area contributed by atoms with E-state index in [4.69, 9.17) is 20.9 Å². The fraction of sp³-hybridized carbons (Fsp3) is 0.174. The van der Waals surface area contributed by atoms with Crippen LogP contribution >= 0.6 is 11.6 Å². The molecule has 0 saturated carbocycles. The first kappa shape index (κ1) is 20.7. The molecule has 0 radical (unpaired) electrons. The number of benzene rings is 2. The van der Waals surface area contributed by atoms with Gasteiger partial charge in [0.1, 0.15) is 18.1 Å². The maximum absolute atomic E-state index is 12.5. The Hall–Kier alpha value is -3.58. The Balaban J connectivity index is 1.35. The third-order valence-electron chi connectivity index (χ3n) is 4.85. The minimum atomic E-state index is -0.250. The summed E-state index contributed by atoms with van der Waals surface area (Å²) in [6.45, 7) is 4.60. The first-order valence-corrected chi connectivity index (χ1v) is 10.1. The zero-order valence-corrected chi connectivity index (χ0v) is 17.9. The number of halogens is 1. The largest absolute Gasteiger partial charge is 0.489 e. The van der Waals surface area contributed by atoms with E-state index >= 15 is 0 Å². The molecule has 0 aliphatic carbocycles. The number of hydrogen-bond donors (Lipinski definition) is 1. The van der Waals surface area contributed by atoms with Gasteiger partial charge in [0.15, 0.2) is 5.82 Å². The molecule has 0 aliphatic heterocycles. The van der Waals surface area contributed by atoms with Crippen LogP contribution in [0.3, 0.4) is 0 Å². The smallest absolute Gasteiger partial charge is 0.256 e. The molecule has 0 atom stereocenters. The molecule has 0 saturated heterocycles. The van der Waals surface area contributed by atoms with Crippen molar-refractivity contribution < 1.29 is 14.1 Å². The lowest BCUT2D eigenvalue weighted by Gasteiger charge is -2.07. The maximum atomic E-state index is 12.5. The summed E-state index contributed by atoms with van der Waals surface area (Å²) in [5.41, 5.74) is 3.19. The normalized spacial score (nSPS) is 10.8. The van der Waals surface area contributed by atoms with E-state index < -0.39 is 0 Å². The van der Waals surface area contributed by atoms with Crippen LogP contribution in [0.2, 0.25) is 5.02 Å². The summed E-state index contributed by atoms with van der Waals surface area (Å²) < 4.78 is 12.6. The third-order valence-corrected chi connectivity index (χ3v) is 5.22. The van der Waals surface area contributed by atoms with Gasteiger partial charge < -0.3 is 14.6 Å². The lowest BCUT2D eigenvalue weighted by molar-refractivity contribution is 0.102. The molecule has 1 amide bonds. The summed E-state index contributed by atoms with van der Waals surface area (Å²) in [5.74, 6) is 1.61. The molecule has 8 heteroatoms. The summed E-state index contributed by atoms with van der Waals surface area (Å²) in [6.07, 6.45) is 1.80. The second-order valence-corrected chi connectivity index (χ2v) is 7.47. The molecule has 0 fully saturated rings. The molecule has 2 aromatic heterocycles. The highest BCUT2D eigenvalue weighted by Gasteiger charge is 2.11. The molecule has 0 unspecified atom stereocenters. The zero-order valence-electron chi connectivity index (χ0n) is 17.1. The number of nitrogens with one attached hydrogen (secondary N) is 1. The third kappa shape index (κ3) is 4.95. The van der Waals surface area contributed by atoms with Gasteiger partial charge in [-0.25, -0.2) is 0 Å². The highest BCUT2D eigenvalue weighted by atomic mass is 35.5. The molecule has 1 N–H and O–H groups in total. The fourth-order valence-corrected chi connectivity index (χ4v) is 3.27. The highest BCUT2D eigenvalue weighted by Crippen LogP contribution is 2.19. The second-order valence-electron chi connectivity index (χ2n) is 7.06. The molecule has 4 rings (SSSR count). The van der Waals surface area contributed by atoms with Crippen LogP contribution in [0.4, 0.5) is 5.82 Å². The van der Waals surface area contributed by atoms with E-state index in [1.807, 2.05) is 38.1 Å². The van der Waals surface area contributed by atoms with Gasteiger partial charge in [0.25, 0.3) is 5.91 Å². The average Bonchev–Trinajstić information content (AvgIpc) is 3.34. The number of amides is 1. The van der Waals surface area contributed by atoms with Crippen molar-refractivity contribution in [3.05, 3.63) is 94.0 Å². The minimum Gasteiger partial charge on any atom is -0.489 e. The van der Waals surface area contributed by atoms with Crippen LogP contribution in [0.15, 0.2) is 65.3 Å². The van der Waals surface area contributed by atoms with Gasteiger partial charge in [-0.3, -0.25) is 9.48 Å². The number of aromatic nitrogens is 3. The van der Waals surface area contributed by atoms with Crippen molar-refractivity contribution >= 4 is 23.3 Å². The first-order valence-electron chi connectivity index (χ1n) is 9.72. The number of carbonyl (C=O) groups is 1. The fourth-order valence-electron chi connectivity index (χ4n) is 3.07. The number of anilines is 1. The number of rotatable bonds is 7. The van der Waals surface area contributed by atoms with Crippen LogP contribution in [0.5, 0.6) is 5.75 Å². The van der Waals surface area contributed by atoms with Crippen LogP contribution in [0.25, 0.3) is 0 Å². The van der Waals surface area contributed by atoms with Gasteiger partial charge in [-0.1, -0.05) is 35.0 Å². The Kier molecular flexibility index (Phi) is 6.04. The number of hydrogen-bond acceptors (Lipinski definition) is 5. The maximum Gasteiger partial charge on any atom is 0.256 e. The van der Waals surface area contributed by atoms with E-state index in [9.17, 15) is 4.79 Å². The molecular weight excluding hydrogens is 416 g/mol. The summed E-state index contributed by atoms with van der Waals surface area (Å²) >= 11 is 6.20. The number of ether oxygens (including phenoxy) is 1. The Labute approximate surface area is 184 Å². The summed E-state index contributed by atoms with van der Waals surface area (Å²) in [4.78, 5) is 12.5. The van der Waals surface area contributed by atoms with E-state index in [2.05, 4.69) is 15.6 Å². The van der Waals surface area contributed by atoms with Gasteiger partial charge in [-0.05, 0) is 49.7 Å². The van der Waals surface area contributed by atoms with Crippen molar-refractivity contribution in [2.75, 3.05) is 5.32 Å². The SMILES string of the molecule is Cc1noc(C)c1COc1ccc(C(=O)Nc2ccn(Cc3ccccc3Cl)n2)cc1. The Morgan fingerprint density at radius 1 is 1.13 bits per heavy atom. The molecule has 2 heterocycles. The number of nitrogens with zero attached hydrogens (tertiary/aromatic N) is 3. The van der Waals surface area contributed by atoms with Gasteiger partial charge in [0.2, 0.25) is 0 Å². The van der Waals surface area contributed by atoms with E-state index in [1.54, 1.807) is 41.2 Å². The van der Waals surface area contributed by atoms with Crippen molar-refractivity contribution in [1.29, 1.82) is 0 Å². The highest BCUT2D eigenvalue weighted by molar-refractivity contribution is 6.31. The van der Waals surface area contributed by atoms with Gasteiger partial charge in [-0.15, -0.1) is 0 Å². The molecule has 4 aromatic rings. The quantitative estimate of drug-likeness (QED) is 0.439. The van der Waals surface area contributed by atoms with Crippen molar-refractivity contribution in [2.45, 2.75) is 27.0 Å². The second kappa shape index (κ2) is 9.06. The number of aryl methyl sites for hydroxylation is 2. The lowest BCUT2D eigenvalue weighted by atomic mass is 10.2. The molecule has 7 nitrogen and oxygen atoms in total. The van der Waals surface area contributed by atoms with Crippen molar-refractivity contribution in [3.8, 4) is 5.75 Å². The molecule has 0 aliphatic rings. The van der Waals surface area contributed by atoms with Gasteiger partial charge in [0.05, 0.1) is 17.8 Å². The van der Waals surface area contributed by atoms with Crippen LogP contribution in [0, 0.1) is 13.8 Å². The van der Waals surface area contributed by atoms with Crippen LogP contribution < -0.4 is 10.1 Å². The van der Waals surface area contributed by atoms with Gasteiger partial charge in [-0.2, -0.15) is 5.10 Å². The molecule has 158 valence electrons. The molecule has 0 bridgehead atoms. The predicted octanol–water partition coefficient (Wildman–Crippen LogP) is 5.02. The van der Waals surface area contributed by atoms with E-state index in [0.717, 1.165) is 22.6 Å². The molecule has 2 aromatic carbocycles. The topological polar surface area (TPSA) is 82.2 Å². The number of carbonyl (C=O) groups excluding carboxylic acids is 1. The predicted molar refractivity (Wildman–Crippen MR) is 117 cm³/mol. The summed E-state index contributed by atoms with van der Waals surface area (Å²) in [5, 5.41) is 11.8. The van der Waals surface area contributed by atoms with Gasteiger partial charge in [0, 0.05) is 22.8 Å². The zero-order chi connectivity index (χ0) is 21.8. The average molecular weight is 437 g/mol. The lowest BCUT2D eigenvalue weighted by Crippen LogP contribution is -2.13.